The number of nitrogens with zero attached hydrogens (tertiary/aromatic N) is 2. The lowest BCUT2D eigenvalue weighted by Gasteiger charge is -2.43. The maximum Gasteiger partial charge on any atom is 0.233 e. The Labute approximate surface area is 236 Å². The molecule has 1 N–H and O–H groups in total. The molecule has 7 heteroatoms. The van der Waals surface area contributed by atoms with Crippen molar-refractivity contribution < 1.29 is 18.7 Å². The summed E-state index contributed by atoms with van der Waals surface area (Å²) in [5, 5.41) is 3.25. The summed E-state index contributed by atoms with van der Waals surface area (Å²) >= 11 is 0. The van der Waals surface area contributed by atoms with Gasteiger partial charge >= 0.3 is 0 Å². The molecule has 5 rings (SSSR count). The van der Waals surface area contributed by atoms with E-state index in [-0.39, 0.29) is 29.1 Å². The number of rotatable bonds is 9. The summed E-state index contributed by atoms with van der Waals surface area (Å²) in [5.74, 6) is 0.711. The van der Waals surface area contributed by atoms with Crippen LogP contribution in [0.25, 0.3) is 0 Å². The van der Waals surface area contributed by atoms with Gasteiger partial charge in [0.1, 0.15) is 11.6 Å². The van der Waals surface area contributed by atoms with Crippen molar-refractivity contribution in [2.24, 2.45) is 5.92 Å². The molecule has 3 aromatic carbocycles. The van der Waals surface area contributed by atoms with Gasteiger partial charge in [-0.25, -0.2) is 4.39 Å². The second-order valence-corrected chi connectivity index (χ2v) is 11.3. The fourth-order valence-corrected chi connectivity index (χ4v) is 6.46. The Hall–Kier alpha value is -3.71. The van der Waals surface area contributed by atoms with E-state index in [0.29, 0.717) is 6.54 Å². The van der Waals surface area contributed by atoms with Gasteiger partial charge in [0.2, 0.25) is 11.8 Å². The average molecular weight is 544 g/mol. The molecule has 2 amide bonds. The number of nitrogens with one attached hydrogen (secondary N) is 1. The normalized spacial score (nSPS) is 21.9. The first-order chi connectivity index (χ1) is 19.3. The first-order valence-corrected chi connectivity index (χ1v) is 14.0. The van der Waals surface area contributed by atoms with Crippen LogP contribution in [0.3, 0.4) is 0 Å². The molecule has 0 spiro atoms. The van der Waals surface area contributed by atoms with E-state index >= 15 is 0 Å². The number of hydrogen-bond acceptors (Lipinski definition) is 4. The number of carbonyl (C=O) groups is 2. The molecule has 40 heavy (non-hydrogen) atoms. The topological polar surface area (TPSA) is 61.9 Å². The van der Waals surface area contributed by atoms with Crippen LogP contribution in [-0.4, -0.2) is 55.4 Å². The number of likely N-dealkylation sites (N-methyl/N-ethyl adjacent to an activating group) is 1. The van der Waals surface area contributed by atoms with Crippen molar-refractivity contribution in [1.29, 1.82) is 0 Å². The zero-order valence-corrected chi connectivity index (χ0v) is 23.5. The number of halogens is 1. The minimum absolute atomic E-state index is 0.0205. The number of amides is 2. The Morgan fingerprint density at radius 2 is 1.62 bits per heavy atom. The Morgan fingerprint density at radius 1 is 0.975 bits per heavy atom. The van der Waals surface area contributed by atoms with Gasteiger partial charge in [0.15, 0.2) is 0 Å². The molecule has 2 aliphatic rings. The number of likely N-dealkylation sites (tertiary alicyclic amines) is 1. The highest BCUT2D eigenvalue weighted by molar-refractivity contribution is 5.92. The standard InChI is InChI=1S/C33H38FN3O3/c1-24(38)35-32(26-7-5-4-6-8-26)17-19-37(20-18-32)23-28-21-33(28,27-11-15-30(40-3)16-12-27)31(39)36(2)22-25-9-13-29(34)14-10-25/h4-16,28H,17-23H2,1-3H3,(H,35,38). The molecule has 2 unspecified atom stereocenters. The van der Waals surface area contributed by atoms with Crippen LogP contribution in [0.1, 0.15) is 42.9 Å². The number of carbonyl (C=O) groups excluding carboxylic acids is 2. The molecule has 210 valence electrons. The van der Waals surface area contributed by atoms with Crippen LogP contribution >= 0.6 is 0 Å². The molecule has 0 radical (unpaired) electrons. The monoisotopic (exact) mass is 543 g/mol. The van der Waals surface area contributed by atoms with Gasteiger partial charge in [0.05, 0.1) is 18.1 Å². The van der Waals surface area contributed by atoms with Crippen LogP contribution in [0.5, 0.6) is 5.75 Å². The molecule has 0 bridgehead atoms. The molecule has 3 aromatic rings. The maximum atomic E-state index is 14.1. The van der Waals surface area contributed by atoms with Crippen LogP contribution < -0.4 is 10.1 Å². The number of benzene rings is 3. The summed E-state index contributed by atoms with van der Waals surface area (Å²) in [7, 11) is 3.47. The highest BCUT2D eigenvalue weighted by atomic mass is 19.1. The molecule has 6 nitrogen and oxygen atoms in total. The van der Waals surface area contributed by atoms with Crippen LogP contribution in [0.4, 0.5) is 4.39 Å². The van der Waals surface area contributed by atoms with E-state index in [0.717, 1.165) is 61.3 Å². The third-order valence-electron chi connectivity index (χ3n) is 8.70. The summed E-state index contributed by atoms with van der Waals surface area (Å²) < 4.78 is 18.8. The summed E-state index contributed by atoms with van der Waals surface area (Å²) in [6.07, 6.45) is 2.41. The Morgan fingerprint density at radius 3 is 2.23 bits per heavy atom. The minimum atomic E-state index is -0.605. The molecule has 1 aliphatic carbocycles. The van der Waals surface area contributed by atoms with Crippen molar-refractivity contribution in [2.45, 2.75) is 43.7 Å². The van der Waals surface area contributed by atoms with Crippen molar-refractivity contribution in [3.63, 3.8) is 0 Å². The summed E-state index contributed by atoms with van der Waals surface area (Å²) in [5.41, 5.74) is 2.06. The second-order valence-electron chi connectivity index (χ2n) is 11.3. The van der Waals surface area contributed by atoms with Gasteiger partial charge < -0.3 is 19.9 Å². The molecule has 2 atom stereocenters. The largest absolute Gasteiger partial charge is 0.497 e. The first-order valence-electron chi connectivity index (χ1n) is 14.0. The van der Waals surface area contributed by atoms with E-state index in [1.165, 1.54) is 12.1 Å². The zero-order chi connectivity index (χ0) is 28.3. The third-order valence-corrected chi connectivity index (χ3v) is 8.70. The molecular formula is C33H38FN3O3. The maximum absolute atomic E-state index is 14.1. The SMILES string of the molecule is COc1ccc(C2(C(=O)N(C)Cc3ccc(F)cc3)CC2CN2CCC(NC(C)=O)(c3ccccc3)CC2)cc1. The van der Waals surface area contributed by atoms with E-state index in [1.54, 1.807) is 31.1 Å². The summed E-state index contributed by atoms with van der Waals surface area (Å²) in [6, 6.07) is 24.4. The average Bonchev–Trinajstić information content (AvgIpc) is 3.69. The Bertz CT molecular complexity index is 1320. The fourth-order valence-electron chi connectivity index (χ4n) is 6.46. The third kappa shape index (κ3) is 5.61. The van der Waals surface area contributed by atoms with Gasteiger partial charge in [-0.05, 0) is 66.1 Å². The van der Waals surface area contributed by atoms with E-state index in [4.69, 9.17) is 4.74 Å². The highest BCUT2D eigenvalue weighted by Crippen LogP contribution is 2.56. The Balaban J connectivity index is 1.32. The van der Waals surface area contributed by atoms with Crippen molar-refractivity contribution in [3.8, 4) is 5.75 Å². The van der Waals surface area contributed by atoms with E-state index in [9.17, 15) is 14.0 Å². The van der Waals surface area contributed by atoms with Crippen molar-refractivity contribution in [3.05, 3.63) is 101 Å². The van der Waals surface area contributed by atoms with Crippen LogP contribution in [0.15, 0.2) is 78.9 Å². The molecule has 1 aliphatic heterocycles. The summed E-state index contributed by atoms with van der Waals surface area (Å²) in [4.78, 5) is 30.4. The molecular weight excluding hydrogens is 505 g/mol. The van der Waals surface area contributed by atoms with Gasteiger partial charge in [0.25, 0.3) is 0 Å². The predicted molar refractivity (Wildman–Crippen MR) is 153 cm³/mol. The Kier molecular flexibility index (Phi) is 7.95. The second kappa shape index (κ2) is 11.4. The van der Waals surface area contributed by atoms with Crippen LogP contribution in [-0.2, 0) is 27.1 Å². The molecule has 1 saturated heterocycles. The van der Waals surface area contributed by atoms with Crippen LogP contribution in [0.2, 0.25) is 0 Å². The van der Waals surface area contributed by atoms with Crippen LogP contribution in [0, 0.1) is 11.7 Å². The van der Waals surface area contributed by atoms with Crippen molar-refractivity contribution in [2.75, 3.05) is 33.8 Å². The zero-order valence-electron chi connectivity index (χ0n) is 23.5. The lowest BCUT2D eigenvalue weighted by Crippen LogP contribution is -2.53. The van der Waals surface area contributed by atoms with E-state index in [2.05, 4.69) is 22.3 Å². The van der Waals surface area contributed by atoms with E-state index < -0.39 is 5.41 Å². The van der Waals surface area contributed by atoms with Gasteiger partial charge in [-0.15, -0.1) is 0 Å². The van der Waals surface area contributed by atoms with Gasteiger partial charge in [-0.3, -0.25) is 9.59 Å². The van der Waals surface area contributed by atoms with Crippen molar-refractivity contribution >= 4 is 11.8 Å². The quantitative estimate of drug-likeness (QED) is 0.418. The van der Waals surface area contributed by atoms with Crippen molar-refractivity contribution in [1.82, 2.24) is 15.1 Å². The molecule has 1 saturated carbocycles. The predicted octanol–water partition coefficient (Wildman–Crippen LogP) is 4.88. The van der Waals surface area contributed by atoms with Gasteiger partial charge in [0, 0.05) is 40.2 Å². The smallest absolute Gasteiger partial charge is 0.233 e. The number of hydrogen-bond donors (Lipinski definition) is 1. The highest BCUT2D eigenvalue weighted by Gasteiger charge is 2.62. The first kappa shape index (κ1) is 27.8. The number of methoxy groups -OCH3 is 1. The molecule has 2 fully saturated rings. The lowest BCUT2D eigenvalue weighted by atomic mass is 9.80. The molecule has 1 heterocycles. The number of ether oxygens (including phenoxy) is 1. The van der Waals surface area contributed by atoms with Gasteiger partial charge in [-0.2, -0.15) is 0 Å². The van der Waals surface area contributed by atoms with Gasteiger partial charge in [-0.1, -0.05) is 54.6 Å². The lowest BCUT2D eigenvalue weighted by molar-refractivity contribution is -0.133. The summed E-state index contributed by atoms with van der Waals surface area (Å²) in [6.45, 7) is 4.49. The fraction of sp³-hybridized carbons (Fsp3) is 0.394. The number of piperidine rings is 1. The van der Waals surface area contributed by atoms with E-state index in [1.807, 2.05) is 49.5 Å². The molecule has 0 aromatic heterocycles. The minimum Gasteiger partial charge on any atom is -0.497 e.